The third-order valence-electron chi connectivity index (χ3n) is 2.83. The number of benzene rings is 1. The summed E-state index contributed by atoms with van der Waals surface area (Å²) in [6, 6.07) is 5.77. The molecule has 0 spiro atoms. The molecule has 5 heteroatoms. The molecule has 5 nitrogen and oxygen atoms in total. The number of nitrogens with zero attached hydrogens (tertiary/aromatic N) is 3. The molecule has 0 atom stereocenters. The van der Waals surface area contributed by atoms with E-state index in [0.717, 1.165) is 23.5 Å². The van der Waals surface area contributed by atoms with E-state index in [9.17, 15) is 0 Å². The maximum absolute atomic E-state index is 8.84. The summed E-state index contributed by atoms with van der Waals surface area (Å²) in [5.41, 5.74) is 8.38. The first-order valence-corrected chi connectivity index (χ1v) is 5.78. The topological polar surface area (TPSA) is 76.4 Å². The van der Waals surface area contributed by atoms with E-state index >= 15 is 0 Å². The van der Waals surface area contributed by atoms with Crippen molar-refractivity contribution in [1.82, 2.24) is 9.55 Å². The number of hydrogen-bond acceptors (Lipinski definition) is 3. The van der Waals surface area contributed by atoms with Crippen molar-refractivity contribution in [3.63, 3.8) is 0 Å². The minimum absolute atomic E-state index is 0.0979. The molecule has 1 aromatic heterocycles. The fraction of sp³-hybridized carbons (Fsp3) is 0.231. The van der Waals surface area contributed by atoms with Crippen LogP contribution in [0.3, 0.4) is 0 Å². The van der Waals surface area contributed by atoms with E-state index in [4.69, 9.17) is 10.9 Å². The number of oxime groups is 1. The lowest BCUT2D eigenvalue weighted by molar-refractivity contribution is 0.318. The Balaban J connectivity index is 2.65. The summed E-state index contributed by atoms with van der Waals surface area (Å²) in [6.45, 7) is 4.04. The lowest BCUT2D eigenvalue weighted by atomic mass is 10.1. The van der Waals surface area contributed by atoms with Crippen LogP contribution in [0.4, 0.5) is 0 Å². The molecule has 3 N–H and O–H groups in total. The van der Waals surface area contributed by atoms with Crippen LogP contribution in [0.25, 0.3) is 5.69 Å². The number of hydrogen-bond donors (Lipinski definition) is 2. The van der Waals surface area contributed by atoms with Gasteiger partial charge in [-0.15, -0.1) is 0 Å². The van der Waals surface area contributed by atoms with E-state index in [1.54, 1.807) is 6.20 Å². The van der Waals surface area contributed by atoms with E-state index in [-0.39, 0.29) is 5.84 Å². The van der Waals surface area contributed by atoms with Gasteiger partial charge in [-0.25, -0.2) is 4.98 Å². The van der Waals surface area contributed by atoms with Crippen molar-refractivity contribution in [2.75, 3.05) is 0 Å². The van der Waals surface area contributed by atoms with E-state index in [1.165, 1.54) is 0 Å². The van der Waals surface area contributed by atoms with Gasteiger partial charge in [0.2, 0.25) is 0 Å². The molecular formula is C13H16N4O. The maximum Gasteiger partial charge on any atom is 0.172 e. The van der Waals surface area contributed by atoms with Crippen LogP contribution in [-0.4, -0.2) is 20.6 Å². The van der Waals surface area contributed by atoms with Gasteiger partial charge in [-0.05, 0) is 24.6 Å². The predicted molar refractivity (Wildman–Crippen MR) is 70.2 cm³/mol. The van der Waals surface area contributed by atoms with Crippen molar-refractivity contribution in [3.05, 3.63) is 47.5 Å². The van der Waals surface area contributed by atoms with Gasteiger partial charge in [-0.3, -0.25) is 0 Å². The van der Waals surface area contributed by atoms with Crippen LogP contribution < -0.4 is 5.73 Å². The highest BCUT2D eigenvalue weighted by Gasteiger charge is 2.11. The molecule has 0 fully saturated rings. The Bertz CT molecular complexity index is 586. The average Bonchev–Trinajstić information content (AvgIpc) is 2.85. The quantitative estimate of drug-likeness (QED) is 0.374. The van der Waals surface area contributed by atoms with Crippen molar-refractivity contribution >= 4 is 5.84 Å². The Morgan fingerprint density at radius 1 is 1.50 bits per heavy atom. The molecule has 1 heterocycles. The molecule has 0 bridgehead atoms. The molecule has 0 saturated heterocycles. The normalized spacial score (nSPS) is 11.8. The molecule has 0 unspecified atom stereocenters. The average molecular weight is 244 g/mol. The Kier molecular flexibility index (Phi) is 3.32. The van der Waals surface area contributed by atoms with Gasteiger partial charge in [0, 0.05) is 24.4 Å². The van der Waals surface area contributed by atoms with Crippen LogP contribution in [0.1, 0.15) is 23.9 Å². The second-order valence-corrected chi connectivity index (χ2v) is 4.07. The summed E-state index contributed by atoms with van der Waals surface area (Å²) >= 11 is 0. The van der Waals surface area contributed by atoms with E-state index in [0.29, 0.717) is 5.56 Å². The van der Waals surface area contributed by atoms with Gasteiger partial charge in [-0.1, -0.05) is 18.1 Å². The summed E-state index contributed by atoms with van der Waals surface area (Å²) in [4.78, 5) is 4.29. The molecule has 0 aliphatic rings. The highest BCUT2D eigenvalue weighted by atomic mass is 16.4. The van der Waals surface area contributed by atoms with Gasteiger partial charge in [0.1, 0.15) is 5.82 Å². The maximum atomic E-state index is 8.84. The lowest BCUT2D eigenvalue weighted by Gasteiger charge is -2.12. The fourth-order valence-corrected chi connectivity index (χ4v) is 1.93. The zero-order valence-electron chi connectivity index (χ0n) is 10.5. The Labute approximate surface area is 106 Å². The standard InChI is InChI=1S/C13H16N4O/c1-3-12-15-6-7-17(12)11-8-9(2)4-5-10(11)13(14)16-18/h4-8,18H,3H2,1-2H3,(H2,14,16). The number of aryl methyl sites for hydroxylation is 2. The molecule has 0 aliphatic heterocycles. The third-order valence-corrected chi connectivity index (χ3v) is 2.83. The fourth-order valence-electron chi connectivity index (χ4n) is 1.93. The molecule has 94 valence electrons. The van der Waals surface area contributed by atoms with Crippen LogP contribution >= 0.6 is 0 Å². The van der Waals surface area contributed by atoms with Gasteiger partial charge >= 0.3 is 0 Å². The van der Waals surface area contributed by atoms with Gasteiger partial charge in [0.25, 0.3) is 0 Å². The molecule has 0 radical (unpaired) electrons. The molecular weight excluding hydrogens is 228 g/mol. The molecule has 0 saturated carbocycles. The minimum atomic E-state index is 0.0979. The lowest BCUT2D eigenvalue weighted by Crippen LogP contribution is -2.17. The molecule has 18 heavy (non-hydrogen) atoms. The Hall–Kier alpha value is -2.30. The van der Waals surface area contributed by atoms with Gasteiger partial charge < -0.3 is 15.5 Å². The first kappa shape index (κ1) is 12.2. The number of nitrogens with two attached hydrogens (primary N) is 1. The van der Waals surface area contributed by atoms with Crippen LogP contribution in [0.15, 0.2) is 35.7 Å². The largest absolute Gasteiger partial charge is 0.409 e. The third kappa shape index (κ3) is 2.07. The minimum Gasteiger partial charge on any atom is -0.409 e. The summed E-state index contributed by atoms with van der Waals surface area (Å²) in [6.07, 6.45) is 4.44. The molecule has 1 aromatic carbocycles. The number of imidazole rings is 1. The summed E-state index contributed by atoms with van der Waals surface area (Å²) < 4.78 is 1.96. The smallest absolute Gasteiger partial charge is 0.172 e. The van der Waals surface area contributed by atoms with E-state index in [1.807, 2.05) is 42.8 Å². The number of aromatic nitrogens is 2. The van der Waals surface area contributed by atoms with Crippen molar-refractivity contribution in [2.45, 2.75) is 20.3 Å². The highest BCUT2D eigenvalue weighted by molar-refractivity contribution is 6.00. The highest BCUT2D eigenvalue weighted by Crippen LogP contribution is 2.18. The second-order valence-electron chi connectivity index (χ2n) is 4.07. The van der Waals surface area contributed by atoms with Crippen LogP contribution in [-0.2, 0) is 6.42 Å². The van der Waals surface area contributed by atoms with Gasteiger partial charge in [0.15, 0.2) is 5.84 Å². The van der Waals surface area contributed by atoms with Crippen LogP contribution in [0.5, 0.6) is 0 Å². The summed E-state index contributed by atoms with van der Waals surface area (Å²) in [5, 5.41) is 11.9. The van der Waals surface area contributed by atoms with Crippen molar-refractivity contribution in [2.24, 2.45) is 10.9 Å². The zero-order valence-corrected chi connectivity index (χ0v) is 10.5. The second kappa shape index (κ2) is 4.91. The first-order valence-electron chi connectivity index (χ1n) is 5.78. The SMILES string of the molecule is CCc1nccn1-c1cc(C)ccc1C(N)=NO. The first-order chi connectivity index (χ1) is 8.67. The number of amidine groups is 1. The van der Waals surface area contributed by atoms with E-state index in [2.05, 4.69) is 10.1 Å². The monoisotopic (exact) mass is 244 g/mol. The van der Waals surface area contributed by atoms with E-state index < -0.39 is 0 Å². The zero-order chi connectivity index (χ0) is 13.1. The summed E-state index contributed by atoms with van der Waals surface area (Å²) in [7, 11) is 0. The van der Waals surface area contributed by atoms with Crippen LogP contribution in [0, 0.1) is 6.92 Å². The Morgan fingerprint density at radius 2 is 2.28 bits per heavy atom. The van der Waals surface area contributed by atoms with Crippen molar-refractivity contribution in [1.29, 1.82) is 0 Å². The number of rotatable bonds is 3. The predicted octanol–water partition coefficient (Wildman–Crippen LogP) is 1.84. The molecule has 2 rings (SSSR count). The molecule has 2 aromatic rings. The summed E-state index contributed by atoms with van der Waals surface area (Å²) in [5.74, 6) is 1.04. The molecule has 0 aliphatic carbocycles. The van der Waals surface area contributed by atoms with Gasteiger partial charge in [-0.2, -0.15) is 0 Å². The van der Waals surface area contributed by atoms with Gasteiger partial charge in [0.05, 0.1) is 5.69 Å². The van der Waals surface area contributed by atoms with Crippen molar-refractivity contribution in [3.8, 4) is 5.69 Å². The molecule has 0 amide bonds. The van der Waals surface area contributed by atoms with Crippen molar-refractivity contribution < 1.29 is 5.21 Å². The Morgan fingerprint density at radius 3 is 2.94 bits per heavy atom. The van der Waals surface area contributed by atoms with Crippen LogP contribution in [0.2, 0.25) is 0 Å².